The Balaban J connectivity index is 0.00000180. The lowest BCUT2D eigenvalue weighted by Gasteiger charge is -2.17. The van der Waals surface area contributed by atoms with Crippen molar-refractivity contribution in [3.8, 4) is 0 Å². The molecule has 1 unspecified atom stereocenters. The second-order valence-corrected chi connectivity index (χ2v) is 7.34. The summed E-state index contributed by atoms with van der Waals surface area (Å²) in [5, 5.41) is 3.12. The van der Waals surface area contributed by atoms with E-state index < -0.39 is 10.0 Å². The molecule has 1 heterocycles. The third kappa shape index (κ3) is 3.49. The van der Waals surface area contributed by atoms with Crippen LogP contribution in [0.2, 0.25) is 0 Å². The maximum Gasteiger partial charge on any atom is 0.243 e. The highest BCUT2D eigenvalue weighted by Crippen LogP contribution is 2.24. The summed E-state index contributed by atoms with van der Waals surface area (Å²) < 4.78 is 27.4. The second kappa shape index (κ2) is 6.54. The van der Waals surface area contributed by atoms with Crippen molar-refractivity contribution in [3.63, 3.8) is 0 Å². The van der Waals surface area contributed by atoms with Crippen LogP contribution in [-0.2, 0) is 10.0 Å². The molecule has 1 aliphatic rings. The van der Waals surface area contributed by atoms with E-state index in [1.807, 2.05) is 14.0 Å². The summed E-state index contributed by atoms with van der Waals surface area (Å²) in [5.41, 5.74) is 0.931. The molecule has 0 radical (unpaired) electrons. The van der Waals surface area contributed by atoms with E-state index in [9.17, 15) is 8.42 Å². The van der Waals surface area contributed by atoms with Gasteiger partial charge in [0.25, 0.3) is 0 Å². The second-order valence-electron chi connectivity index (χ2n) is 4.55. The van der Waals surface area contributed by atoms with Crippen molar-refractivity contribution < 1.29 is 8.42 Å². The number of hydrogen-bond acceptors (Lipinski definition) is 3. The van der Waals surface area contributed by atoms with Gasteiger partial charge in [0.1, 0.15) is 0 Å². The number of nitrogens with one attached hydrogen (secondary N) is 1. The van der Waals surface area contributed by atoms with Gasteiger partial charge in [-0.15, -0.1) is 12.4 Å². The Morgan fingerprint density at radius 2 is 2.11 bits per heavy atom. The molecule has 19 heavy (non-hydrogen) atoms. The van der Waals surface area contributed by atoms with Crippen LogP contribution in [-0.4, -0.2) is 38.9 Å². The molecule has 1 N–H and O–H groups in total. The summed E-state index contributed by atoms with van der Waals surface area (Å²) in [6.07, 6.45) is 0.866. The Labute approximate surface area is 129 Å². The van der Waals surface area contributed by atoms with Crippen LogP contribution in [0.4, 0.5) is 0 Å². The Hall–Kier alpha value is -0.140. The lowest BCUT2D eigenvalue weighted by Crippen LogP contribution is -2.33. The largest absolute Gasteiger partial charge is 0.316 e. The van der Waals surface area contributed by atoms with Gasteiger partial charge >= 0.3 is 0 Å². The lowest BCUT2D eigenvalue weighted by molar-refractivity contribution is 0.464. The monoisotopic (exact) mass is 368 g/mol. The minimum atomic E-state index is -3.35. The van der Waals surface area contributed by atoms with Crippen LogP contribution in [0.1, 0.15) is 12.0 Å². The first kappa shape index (κ1) is 16.9. The zero-order valence-electron chi connectivity index (χ0n) is 10.9. The van der Waals surface area contributed by atoms with E-state index in [4.69, 9.17) is 0 Å². The summed E-state index contributed by atoms with van der Waals surface area (Å²) in [5.74, 6) is 0. The molecular formula is C12H18BrClN2O2S. The first-order chi connectivity index (χ1) is 8.45. The number of hydrogen-bond donors (Lipinski definition) is 1. The number of rotatable bonds is 3. The van der Waals surface area contributed by atoms with Crippen molar-refractivity contribution >= 4 is 38.4 Å². The molecule has 0 spiro atoms. The highest BCUT2D eigenvalue weighted by atomic mass is 79.9. The van der Waals surface area contributed by atoms with E-state index in [1.165, 1.54) is 0 Å². The molecule has 1 atom stereocenters. The fraction of sp³-hybridized carbons (Fsp3) is 0.500. The molecule has 2 rings (SSSR count). The van der Waals surface area contributed by atoms with Crippen molar-refractivity contribution in [3.05, 3.63) is 28.2 Å². The van der Waals surface area contributed by atoms with Crippen LogP contribution in [0.15, 0.2) is 27.6 Å². The normalized spacial score (nSPS) is 20.3. The van der Waals surface area contributed by atoms with E-state index in [1.54, 1.807) is 22.5 Å². The maximum atomic E-state index is 12.4. The van der Waals surface area contributed by atoms with E-state index in [-0.39, 0.29) is 18.4 Å². The molecular weight excluding hydrogens is 352 g/mol. The molecule has 1 aromatic carbocycles. The van der Waals surface area contributed by atoms with Gasteiger partial charge in [-0.1, -0.05) is 15.9 Å². The zero-order chi connectivity index (χ0) is 13.3. The Morgan fingerprint density at radius 1 is 1.42 bits per heavy atom. The third-order valence-corrected chi connectivity index (χ3v) is 6.08. The zero-order valence-corrected chi connectivity index (χ0v) is 14.1. The fourth-order valence-corrected chi connectivity index (χ4v) is 3.94. The smallest absolute Gasteiger partial charge is 0.243 e. The van der Waals surface area contributed by atoms with E-state index >= 15 is 0 Å². The average molecular weight is 370 g/mol. The highest BCUT2D eigenvalue weighted by Gasteiger charge is 2.31. The molecule has 1 aromatic rings. The molecule has 1 aliphatic heterocycles. The molecule has 0 aliphatic carbocycles. The molecule has 1 saturated heterocycles. The third-order valence-electron chi connectivity index (χ3n) is 3.33. The van der Waals surface area contributed by atoms with Gasteiger partial charge in [0, 0.05) is 23.6 Å². The minimum absolute atomic E-state index is 0. The van der Waals surface area contributed by atoms with Crippen molar-refractivity contribution in [2.45, 2.75) is 24.3 Å². The Morgan fingerprint density at radius 3 is 2.63 bits per heavy atom. The molecule has 0 saturated carbocycles. The van der Waals surface area contributed by atoms with Gasteiger partial charge in [-0.3, -0.25) is 0 Å². The molecule has 0 amide bonds. The lowest BCUT2D eigenvalue weighted by atomic mass is 10.2. The van der Waals surface area contributed by atoms with Gasteiger partial charge < -0.3 is 5.32 Å². The van der Waals surface area contributed by atoms with Crippen molar-refractivity contribution in [2.24, 2.45) is 0 Å². The number of benzene rings is 1. The molecule has 4 nitrogen and oxygen atoms in total. The number of nitrogens with zero attached hydrogens (tertiary/aromatic N) is 1. The van der Waals surface area contributed by atoms with Crippen LogP contribution in [0.3, 0.4) is 0 Å². The SMILES string of the molecule is CNC1CCN(S(=O)(=O)c2ccc(Br)c(C)c2)C1.Cl. The summed E-state index contributed by atoms with van der Waals surface area (Å²) in [6.45, 7) is 3.03. The van der Waals surface area contributed by atoms with Crippen LogP contribution < -0.4 is 5.32 Å². The quantitative estimate of drug-likeness (QED) is 0.888. The van der Waals surface area contributed by atoms with E-state index in [0.29, 0.717) is 18.0 Å². The highest BCUT2D eigenvalue weighted by molar-refractivity contribution is 9.10. The summed E-state index contributed by atoms with van der Waals surface area (Å²) in [7, 11) is -1.48. The van der Waals surface area contributed by atoms with Crippen molar-refractivity contribution in [2.75, 3.05) is 20.1 Å². The van der Waals surface area contributed by atoms with E-state index in [2.05, 4.69) is 21.2 Å². The summed E-state index contributed by atoms with van der Waals surface area (Å²) in [6, 6.07) is 5.41. The Kier molecular flexibility index (Phi) is 5.82. The topological polar surface area (TPSA) is 49.4 Å². The number of sulfonamides is 1. The molecule has 0 aromatic heterocycles. The Bertz CT molecular complexity index is 551. The number of halogens is 2. The van der Waals surface area contributed by atoms with Crippen LogP contribution in [0.25, 0.3) is 0 Å². The van der Waals surface area contributed by atoms with Crippen molar-refractivity contribution in [1.29, 1.82) is 0 Å². The first-order valence-electron chi connectivity index (χ1n) is 5.88. The maximum absolute atomic E-state index is 12.4. The van der Waals surface area contributed by atoms with Crippen LogP contribution in [0, 0.1) is 6.92 Å². The van der Waals surface area contributed by atoms with Gasteiger partial charge in [0.15, 0.2) is 0 Å². The predicted octanol–water partition coefficient (Wildman–Crippen LogP) is 2.16. The molecule has 0 bridgehead atoms. The minimum Gasteiger partial charge on any atom is -0.316 e. The predicted molar refractivity (Wildman–Crippen MR) is 82.4 cm³/mol. The fourth-order valence-electron chi connectivity index (χ4n) is 2.11. The average Bonchev–Trinajstić information content (AvgIpc) is 2.81. The summed E-state index contributed by atoms with van der Waals surface area (Å²) in [4.78, 5) is 0.375. The standard InChI is InChI=1S/C12H17BrN2O2S.ClH/c1-9-7-11(3-4-12(9)13)18(16,17)15-6-5-10(8-15)14-2;/h3-4,7,10,14H,5-6,8H2,1-2H3;1H. The van der Waals surface area contributed by atoms with Gasteiger partial charge in [0.2, 0.25) is 10.0 Å². The number of likely N-dealkylation sites (N-methyl/N-ethyl adjacent to an activating group) is 1. The molecule has 108 valence electrons. The van der Waals surface area contributed by atoms with E-state index in [0.717, 1.165) is 16.5 Å². The van der Waals surface area contributed by atoms with Gasteiger partial charge in [-0.05, 0) is 44.2 Å². The van der Waals surface area contributed by atoms with Crippen LogP contribution >= 0.6 is 28.3 Å². The van der Waals surface area contributed by atoms with Gasteiger partial charge in [-0.25, -0.2) is 8.42 Å². The van der Waals surface area contributed by atoms with Gasteiger partial charge in [-0.2, -0.15) is 4.31 Å². The van der Waals surface area contributed by atoms with Gasteiger partial charge in [0.05, 0.1) is 4.90 Å². The molecule has 1 fully saturated rings. The van der Waals surface area contributed by atoms with Crippen molar-refractivity contribution in [1.82, 2.24) is 9.62 Å². The first-order valence-corrected chi connectivity index (χ1v) is 8.12. The number of aryl methyl sites for hydroxylation is 1. The summed E-state index contributed by atoms with van der Waals surface area (Å²) >= 11 is 3.38. The van der Waals surface area contributed by atoms with Crippen LogP contribution in [0.5, 0.6) is 0 Å². The molecule has 7 heteroatoms.